The molecule has 0 aromatic carbocycles. The van der Waals surface area contributed by atoms with Gasteiger partial charge in [0.2, 0.25) is 0 Å². The number of aliphatic carboxylic acids is 4. The largest absolute Gasteiger partial charge is 0.481 e. The topological polar surface area (TPSA) is 149 Å². The summed E-state index contributed by atoms with van der Waals surface area (Å²) in [6.45, 7) is 8.03. The van der Waals surface area contributed by atoms with E-state index in [1.165, 1.54) is 0 Å². The van der Waals surface area contributed by atoms with Crippen molar-refractivity contribution < 1.29 is 39.6 Å². The monoisotopic (exact) mass is 650 g/mol. The van der Waals surface area contributed by atoms with Crippen molar-refractivity contribution in [2.75, 3.05) is 0 Å². The Morgan fingerprint density at radius 1 is 0.438 bits per heavy atom. The van der Waals surface area contributed by atoms with Gasteiger partial charge in [0, 0.05) is 25.7 Å². The van der Waals surface area contributed by atoms with E-state index in [1.807, 2.05) is 27.7 Å². The Morgan fingerprint density at radius 3 is 1.40 bits per heavy atom. The highest BCUT2D eigenvalue weighted by atomic mass is 16.4. The average Bonchev–Trinajstić information content (AvgIpc) is 3.66. The molecule has 0 atom stereocenters. The maximum Gasteiger partial charge on any atom is 0.303 e. The molecular formula is C40H42O8. The highest BCUT2D eigenvalue weighted by Crippen LogP contribution is 2.46. The molecule has 8 bridgehead atoms. The van der Waals surface area contributed by atoms with Gasteiger partial charge in [0.1, 0.15) is 0 Å². The summed E-state index contributed by atoms with van der Waals surface area (Å²) in [6.07, 6.45) is 15.2. The second-order valence-electron chi connectivity index (χ2n) is 13.1. The van der Waals surface area contributed by atoms with Crippen molar-refractivity contribution in [3.8, 4) is 0 Å². The summed E-state index contributed by atoms with van der Waals surface area (Å²) < 4.78 is 0. The number of carboxylic acid groups (broad SMARTS) is 4. The van der Waals surface area contributed by atoms with E-state index in [0.29, 0.717) is 38.5 Å². The molecule has 0 radical (unpaired) electrons. The number of hydrogen-bond donors (Lipinski definition) is 4. The molecule has 0 saturated carbocycles. The SMILES string of the molecule is CC1=C2C=C3C=C(C=C4CC(=CC5=CC(=CC(=C1CCC(=O)O)C2)C(C)=C5CCC(=O)O)C(C)=C4CCC(=O)O)C(C)=C3CCC(=O)O. The molecule has 5 aliphatic carbocycles. The summed E-state index contributed by atoms with van der Waals surface area (Å²) in [6, 6.07) is 0. The van der Waals surface area contributed by atoms with Gasteiger partial charge in [-0.05, 0) is 168 Å². The Kier molecular flexibility index (Phi) is 10.0. The number of carboxylic acids is 4. The zero-order valence-electron chi connectivity index (χ0n) is 28.0. The van der Waals surface area contributed by atoms with Crippen LogP contribution in [0.25, 0.3) is 0 Å². The molecular weight excluding hydrogens is 608 g/mol. The van der Waals surface area contributed by atoms with Gasteiger partial charge in [-0.1, -0.05) is 24.3 Å². The molecule has 8 heteroatoms. The van der Waals surface area contributed by atoms with E-state index in [0.717, 1.165) is 89.2 Å². The van der Waals surface area contributed by atoms with E-state index in [9.17, 15) is 39.6 Å². The van der Waals surface area contributed by atoms with Gasteiger partial charge in [0.25, 0.3) is 0 Å². The lowest BCUT2D eigenvalue weighted by molar-refractivity contribution is -0.137. The minimum Gasteiger partial charge on any atom is -0.481 e. The summed E-state index contributed by atoms with van der Waals surface area (Å²) >= 11 is 0. The molecule has 0 aliphatic heterocycles. The molecule has 0 fully saturated rings. The third-order valence-electron chi connectivity index (χ3n) is 10.2. The van der Waals surface area contributed by atoms with Crippen LogP contribution >= 0.6 is 0 Å². The van der Waals surface area contributed by atoms with Gasteiger partial charge in [-0.25, -0.2) is 0 Å². The number of carbonyl (C=O) groups is 4. The zero-order valence-corrected chi connectivity index (χ0v) is 28.0. The Bertz CT molecular complexity index is 1880. The van der Waals surface area contributed by atoms with Gasteiger partial charge >= 0.3 is 23.9 Å². The maximum absolute atomic E-state index is 11.6. The highest BCUT2D eigenvalue weighted by Gasteiger charge is 2.29. The fourth-order valence-corrected chi connectivity index (χ4v) is 7.46. The second kappa shape index (κ2) is 14.0. The minimum atomic E-state index is -0.877. The third-order valence-corrected chi connectivity index (χ3v) is 10.2. The normalized spacial score (nSPS) is 19.1. The van der Waals surface area contributed by atoms with Crippen LogP contribution in [0.2, 0.25) is 0 Å². The molecule has 250 valence electrons. The van der Waals surface area contributed by atoms with E-state index >= 15 is 0 Å². The first-order valence-electron chi connectivity index (χ1n) is 16.4. The number of hydrogen-bond acceptors (Lipinski definition) is 4. The van der Waals surface area contributed by atoms with Crippen molar-refractivity contribution in [2.24, 2.45) is 0 Å². The predicted molar refractivity (Wildman–Crippen MR) is 183 cm³/mol. The van der Waals surface area contributed by atoms with Gasteiger partial charge in [-0.15, -0.1) is 0 Å². The summed E-state index contributed by atoms with van der Waals surface area (Å²) in [5.74, 6) is -3.50. The highest BCUT2D eigenvalue weighted by molar-refractivity contribution is 5.74. The predicted octanol–water partition coefficient (Wildman–Crippen LogP) is 8.41. The molecule has 48 heavy (non-hydrogen) atoms. The van der Waals surface area contributed by atoms with E-state index in [1.54, 1.807) is 0 Å². The smallest absolute Gasteiger partial charge is 0.303 e. The number of allylic oxidation sites excluding steroid dienone is 22. The van der Waals surface area contributed by atoms with E-state index in [4.69, 9.17) is 0 Å². The van der Waals surface area contributed by atoms with Crippen LogP contribution in [0, 0.1) is 0 Å². The first-order valence-corrected chi connectivity index (χ1v) is 16.4. The Hall–Kier alpha value is -4.98. The van der Waals surface area contributed by atoms with Gasteiger partial charge in [0.05, 0.1) is 0 Å². The molecule has 0 saturated heterocycles. The van der Waals surface area contributed by atoms with Gasteiger partial charge < -0.3 is 20.4 Å². The average molecular weight is 651 g/mol. The molecule has 0 spiro atoms. The Balaban J connectivity index is 1.75. The molecule has 0 heterocycles. The van der Waals surface area contributed by atoms with E-state index in [-0.39, 0.29) is 25.7 Å². The van der Waals surface area contributed by atoms with Crippen molar-refractivity contribution in [3.63, 3.8) is 0 Å². The molecule has 0 unspecified atom stereocenters. The number of fused-ring (bicyclic) bond motifs is 6. The van der Waals surface area contributed by atoms with Crippen LogP contribution in [0.4, 0.5) is 0 Å². The lowest BCUT2D eigenvalue weighted by Crippen LogP contribution is -1.98. The lowest BCUT2D eigenvalue weighted by Gasteiger charge is -2.09. The fourth-order valence-electron chi connectivity index (χ4n) is 7.46. The van der Waals surface area contributed by atoms with Crippen molar-refractivity contribution >= 4 is 23.9 Å². The van der Waals surface area contributed by atoms with Crippen molar-refractivity contribution in [3.05, 3.63) is 126 Å². The first kappa shape index (κ1) is 34.4. The van der Waals surface area contributed by atoms with Crippen LogP contribution in [0.5, 0.6) is 0 Å². The van der Waals surface area contributed by atoms with Crippen molar-refractivity contribution in [1.82, 2.24) is 0 Å². The molecule has 0 aromatic rings. The van der Waals surface area contributed by atoms with Gasteiger partial charge in [-0.2, -0.15) is 0 Å². The summed E-state index contributed by atoms with van der Waals surface area (Å²) in [5, 5.41) is 38.2. The number of rotatable bonds is 12. The van der Waals surface area contributed by atoms with Crippen LogP contribution in [0.1, 0.15) is 91.9 Å². The van der Waals surface area contributed by atoms with E-state index in [2.05, 4.69) is 36.5 Å². The lowest BCUT2D eigenvalue weighted by atomic mass is 9.96. The minimum absolute atomic E-state index is 0.00855. The molecule has 8 nitrogen and oxygen atoms in total. The molecule has 5 aliphatic rings. The fraction of sp³-hybridized carbons (Fsp3) is 0.350. The van der Waals surface area contributed by atoms with Crippen LogP contribution in [0.15, 0.2) is 126 Å². The second-order valence-corrected chi connectivity index (χ2v) is 13.1. The van der Waals surface area contributed by atoms with Crippen LogP contribution < -0.4 is 0 Å². The van der Waals surface area contributed by atoms with Crippen LogP contribution in [-0.2, 0) is 19.2 Å². The first-order chi connectivity index (χ1) is 22.7. The maximum atomic E-state index is 11.6. The zero-order chi connectivity index (χ0) is 34.9. The van der Waals surface area contributed by atoms with Gasteiger partial charge in [0.15, 0.2) is 0 Å². The van der Waals surface area contributed by atoms with Crippen molar-refractivity contribution in [1.29, 1.82) is 0 Å². The quantitative estimate of drug-likeness (QED) is 0.164. The summed E-state index contributed by atoms with van der Waals surface area (Å²) in [5.41, 5.74) is 15.8. The van der Waals surface area contributed by atoms with Crippen molar-refractivity contribution in [2.45, 2.75) is 91.9 Å². The summed E-state index contributed by atoms with van der Waals surface area (Å²) in [4.78, 5) is 46.6. The Labute approximate surface area is 280 Å². The van der Waals surface area contributed by atoms with E-state index < -0.39 is 23.9 Å². The molecule has 4 N–H and O–H groups in total. The Morgan fingerprint density at radius 2 is 0.854 bits per heavy atom. The molecule has 0 amide bonds. The van der Waals surface area contributed by atoms with Gasteiger partial charge in [-0.3, -0.25) is 19.2 Å². The molecule has 5 rings (SSSR count). The van der Waals surface area contributed by atoms with Crippen LogP contribution in [-0.4, -0.2) is 44.3 Å². The third kappa shape index (κ3) is 7.28. The standard InChI is InChI=1S/C40H42O8/c1-21-25-13-29(33(21)5-9-37(41)42)18-26-15-31(35(22(26)2)7-11-39(45)46)20-28-16-32(36(24(28)4)8-12-40(47)48)19-27-14-30(17-25)34(23(27)3)6-10-38(43)44/h13,16-20H,5-12,14-15H2,1-4H3,(H,41,42)(H,43,44)(H,45,46)(H,47,48). The summed E-state index contributed by atoms with van der Waals surface area (Å²) in [7, 11) is 0. The molecule has 0 aromatic heterocycles. The van der Waals surface area contributed by atoms with Crippen LogP contribution in [0.3, 0.4) is 0 Å².